The van der Waals surface area contributed by atoms with E-state index >= 15 is 0 Å². The van der Waals surface area contributed by atoms with Crippen LogP contribution in [0.1, 0.15) is 66.8 Å². The molecular formula is C59H43BN2O4S2. The molecule has 1 atom stereocenters. The Morgan fingerprint density at radius 3 is 2.00 bits per heavy atom. The van der Waals surface area contributed by atoms with Crippen LogP contribution in [0.15, 0.2) is 140 Å². The average Bonchev–Trinajstić information content (AvgIpc) is 4.20. The average molecular weight is 919 g/mol. The standard InChI is InChI=1S/C59H43BN2O4S2/c1-6-44-22-27-53(67-44)57-49-33-42(64-3)20-25-47(49)51-35-52-48-26-21-43(65-4)34-50(48)58(54-28-23-45(7-2)68-54)62(52)60(61(51)57,31-29-36-11-13-41(14-12-36)59(63)66-5)32-30-37-15-16-40-18-17-38-9-8-10-39-19-24-46(37)56(40)55(38)39/h8-28,33-35H,6-7H2,1-5H3. The first-order chi connectivity index (χ1) is 33.3. The maximum atomic E-state index is 12.6. The highest BCUT2D eigenvalue weighted by molar-refractivity contribution is 7.15. The van der Waals surface area contributed by atoms with Crippen LogP contribution in [0.25, 0.3) is 65.4 Å². The molecule has 0 saturated heterocycles. The molecule has 2 aliphatic rings. The predicted molar refractivity (Wildman–Crippen MR) is 282 cm³/mol. The first kappa shape index (κ1) is 41.6. The minimum absolute atomic E-state index is 0.399. The van der Waals surface area contributed by atoms with E-state index in [4.69, 9.17) is 14.2 Å². The molecule has 6 nitrogen and oxygen atoms in total. The Bertz CT molecular complexity index is 3920. The molecule has 0 bridgehead atoms. The maximum absolute atomic E-state index is 12.6. The van der Waals surface area contributed by atoms with Gasteiger partial charge in [-0.2, -0.15) is 11.6 Å². The van der Waals surface area contributed by atoms with Crippen LogP contribution in [-0.4, -0.2) is 48.4 Å². The number of fused-ring (bicyclic) bond motifs is 6. The summed E-state index contributed by atoms with van der Waals surface area (Å²) >= 11 is 3.60. The molecule has 0 amide bonds. The summed E-state index contributed by atoms with van der Waals surface area (Å²) in [6, 6.07) is 48.9. The molecule has 2 aliphatic heterocycles. The first-order valence-electron chi connectivity index (χ1n) is 22.9. The van der Waals surface area contributed by atoms with Crippen molar-refractivity contribution in [2.24, 2.45) is 0 Å². The molecule has 0 radical (unpaired) electrons. The molecule has 3 aromatic heterocycles. The summed E-state index contributed by atoms with van der Waals surface area (Å²) in [7, 11) is 4.84. The quantitative estimate of drug-likeness (QED) is 0.0692. The van der Waals surface area contributed by atoms with Crippen LogP contribution in [-0.2, 0) is 17.6 Å². The number of thiophene rings is 2. The Morgan fingerprint density at radius 1 is 0.632 bits per heavy atom. The fraction of sp³-hybridized carbons (Fsp3) is 0.119. The van der Waals surface area contributed by atoms with Crippen molar-refractivity contribution in [1.82, 2.24) is 4.48 Å². The van der Waals surface area contributed by atoms with E-state index in [0.29, 0.717) is 5.56 Å². The van der Waals surface area contributed by atoms with Crippen molar-refractivity contribution < 1.29 is 23.5 Å². The Kier molecular flexibility index (Phi) is 9.92. The molecule has 68 heavy (non-hydrogen) atoms. The zero-order valence-electron chi connectivity index (χ0n) is 38.2. The molecular weight excluding hydrogens is 876 g/mol. The molecule has 9 heteroatoms. The van der Waals surface area contributed by atoms with E-state index in [1.807, 2.05) is 24.3 Å². The van der Waals surface area contributed by atoms with Gasteiger partial charge in [0.1, 0.15) is 11.5 Å². The molecule has 0 spiro atoms. The molecule has 0 N–H and O–H groups in total. The zero-order chi connectivity index (χ0) is 46.3. The number of aromatic nitrogens is 1. The van der Waals surface area contributed by atoms with Gasteiger partial charge in [0.25, 0.3) is 0 Å². The third-order valence-electron chi connectivity index (χ3n) is 13.7. The number of rotatable bonds is 7. The van der Waals surface area contributed by atoms with Gasteiger partial charge in [-0.25, -0.2) is 4.79 Å². The minimum Gasteiger partial charge on any atom is -0.497 e. The van der Waals surface area contributed by atoms with Crippen LogP contribution in [0.4, 0.5) is 0 Å². The van der Waals surface area contributed by atoms with E-state index in [1.54, 1.807) is 49.0 Å². The number of carbonyl (C=O) groups is 1. The third-order valence-corrected chi connectivity index (χ3v) is 16.2. The largest absolute Gasteiger partial charge is 0.521 e. The summed E-state index contributed by atoms with van der Waals surface area (Å²) in [5.74, 6) is 16.8. The lowest BCUT2D eigenvalue weighted by Crippen LogP contribution is -2.56. The summed E-state index contributed by atoms with van der Waals surface area (Å²) in [5.41, 5.74) is 8.35. The highest BCUT2D eigenvalue weighted by Gasteiger charge is 2.52. The van der Waals surface area contributed by atoms with Crippen LogP contribution in [0, 0.1) is 23.5 Å². The van der Waals surface area contributed by atoms with Gasteiger partial charge in [0.15, 0.2) is 11.4 Å². The van der Waals surface area contributed by atoms with Crippen molar-refractivity contribution in [1.29, 1.82) is 0 Å². The molecule has 12 rings (SSSR count). The minimum atomic E-state index is -2.50. The molecule has 0 fully saturated rings. The SMILES string of the molecule is CCc1ccc(C2=[N+]3C(=Cc4c5ccc(OC)cc5c(-c5ccc(CC)s5)n4[B-]3(C#Cc3ccc(C(=O)OC)cc3)C#Cc3ccc4ccc5cccc6ccc3c4c56)c3ccc(OC)cc32)s1. The van der Waals surface area contributed by atoms with Crippen LogP contribution in [0.2, 0.25) is 0 Å². The Labute approximate surface area is 402 Å². The highest BCUT2D eigenvalue weighted by atomic mass is 32.1. The van der Waals surface area contributed by atoms with E-state index in [2.05, 4.69) is 155 Å². The van der Waals surface area contributed by atoms with Crippen molar-refractivity contribution in [3.05, 3.63) is 188 Å². The second kappa shape index (κ2) is 16.2. The summed E-state index contributed by atoms with van der Waals surface area (Å²) in [4.78, 5) is 17.4. The fourth-order valence-corrected chi connectivity index (χ4v) is 12.4. The number of hydrogen-bond acceptors (Lipinski definition) is 6. The van der Waals surface area contributed by atoms with E-state index in [0.717, 1.165) is 95.3 Å². The normalized spacial score (nSPS) is 14.9. The maximum Gasteiger partial charge on any atom is 0.521 e. The molecule has 5 heterocycles. The second-order valence-corrected chi connectivity index (χ2v) is 19.6. The van der Waals surface area contributed by atoms with Gasteiger partial charge in [0, 0.05) is 54.0 Å². The third kappa shape index (κ3) is 6.34. The smallest absolute Gasteiger partial charge is 0.497 e. The van der Waals surface area contributed by atoms with E-state index in [-0.39, 0.29) is 0 Å². The summed E-state index contributed by atoms with van der Waals surface area (Å²) in [6.45, 7) is 4.41. The van der Waals surface area contributed by atoms with Crippen LogP contribution in [0.3, 0.4) is 0 Å². The van der Waals surface area contributed by atoms with Crippen LogP contribution in [0.5, 0.6) is 11.5 Å². The number of esters is 1. The number of nitrogens with zero attached hydrogens (tertiary/aromatic N) is 2. The van der Waals surface area contributed by atoms with Crippen molar-refractivity contribution in [2.75, 3.05) is 21.3 Å². The van der Waals surface area contributed by atoms with Gasteiger partial charge in [0.2, 0.25) is 0 Å². The molecule has 1 unspecified atom stereocenters. The lowest BCUT2D eigenvalue weighted by atomic mass is 9.45. The van der Waals surface area contributed by atoms with Crippen molar-refractivity contribution >= 4 is 95.6 Å². The fourth-order valence-electron chi connectivity index (χ4n) is 10.4. The second-order valence-electron chi connectivity index (χ2n) is 17.3. The van der Waals surface area contributed by atoms with E-state index < -0.39 is 12.4 Å². The lowest BCUT2D eigenvalue weighted by Gasteiger charge is -2.36. The lowest BCUT2D eigenvalue weighted by molar-refractivity contribution is -0.279. The monoisotopic (exact) mass is 918 g/mol. The highest BCUT2D eigenvalue weighted by Crippen LogP contribution is 2.48. The molecule has 0 saturated carbocycles. The Balaban J connectivity index is 1.27. The van der Waals surface area contributed by atoms with E-state index in [9.17, 15) is 4.79 Å². The molecule has 328 valence electrons. The van der Waals surface area contributed by atoms with Gasteiger partial charge in [-0.05, 0) is 136 Å². The van der Waals surface area contributed by atoms with Crippen molar-refractivity contribution in [2.45, 2.75) is 26.7 Å². The number of benzene rings is 7. The molecule has 7 aromatic carbocycles. The number of aryl methyl sites for hydroxylation is 2. The Hall–Kier alpha value is -7.82. The van der Waals surface area contributed by atoms with Crippen LogP contribution < -0.4 is 9.47 Å². The molecule has 0 aliphatic carbocycles. The van der Waals surface area contributed by atoms with E-state index in [1.165, 1.54) is 43.8 Å². The van der Waals surface area contributed by atoms with Gasteiger partial charge in [-0.15, -0.1) is 34.5 Å². The molecule has 10 aromatic rings. The number of hydrogen-bond donors (Lipinski definition) is 0. The van der Waals surface area contributed by atoms with Gasteiger partial charge < -0.3 is 23.2 Å². The first-order valence-corrected chi connectivity index (χ1v) is 24.5. The predicted octanol–water partition coefficient (Wildman–Crippen LogP) is 13.1. The van der Waals surface area contributed by atoms with Crippen molar-refractivity contribution in [3.63, 3.8) is 0 Å². The summed E-state index contributed by atoms with van der Waals surface area (Å²) in [5, 5.41) is 9.27. The van der Waals surface area contributed by atoms with Gasteiger partial charge in [0.05, 0.1) is 42.9 Å². The number of methoxy groups -OCH3 is 3. The van der Waals surface area contributed by atoms with Gasteiger partial charge in [-0.3, -0.25) is 0 Å². The van der Waals surface area contributed by atoms with Gasteiger partial charge in [-0.1, -0.05) is 62.4 Å². The number of carbonyl (C=O) groups excluding carboxylic acids is 1. The zero-order valence-corrected chi connectivity index (χ0v) is 39.8. The summed E-state index contributed by atoms with van der Waals surface area (Å²) in [6.07, 6.45) is 1.66. The summed E-state index contributed by atoms with van der Waals surface area (Å²) < 4.78 is 21.9. The topological polar surface area (TPSA) is 52.7 Å². The van der Waals surface area contributed by atoms with Crippen LogP contribution >= 0.6 is 22.7 Å². The Morgan fingerprint density at radius 2 is 1.28 bits per heavy atom. The van der Waals surface area contributed by atoms with Gasteiger partial charge >= 0.3 is 12.4 Å². The number of ether oxygens (including phenoxy) is 3. The van der Waals surface area contributed by atoms with Crippen molar-refractivity contribution in [3.8, 4) is 45.6 Å².